The number of anilines is 2. The lowest BCUT2D eigenvalue weighted by Crippen LogP contribution is -2.47. The molecule has 1 atom stereocenters. The van der Waals surface area contributed by atoms with Gasteiger partial charge in [-0.15, -0.1) is 0 Å². The van der Waals surface area contributed by atoms with Gasteiger partial charge in [0, 0.05) is 9.26 Å². The summed E-state index contributed by atoms with van der Waals surface area (Å²) in [4.78, 5) is 12.8. The first-order valence-electron chi connectivity index (χ1n) is 8.26. The quantitative estimate of drug-likeness (QED) is 0.626. The maximum Gasteiger partial charge on any atom is 0.248 e. The molecule has 0 aliphatic rings. The van der Waals surface area contributed by atoms with Crippen LogP contribution in [0.2, 0.25) is 0 Å². The highest BCUT2D eigenvalue weighted by molar-refractivity contribution is 14.1. The Hall–Kier alpha value is -1.61. The van der Waals surface area contributed by atoms with E-state index >= 15 is 0 Å². The first-order valence-corrected chi connectivity index (χ1v) is 11.2. The van der Waals surface area contributed by atoms with E-state index in [-0.39, 0.29) is 5.91 Å². The van der Waals surface area contributed by atoms with Gasteiger partial charge in [0.2, 0.25) is 15.9 Å². The number of carbonyl (C=O) groups excluding carboxylic acids is 1. The number of hydrogen-bond acceptors (Lipinski definition) is 3. The number of nitrogens with one attached hydrogen (secondary N) is 1. The molecule has 7 heteroatoms. The predicted octanol–water partition coefficient (Wildman–Crippen LogP) is 4.09. The van der Waals surface area contributed by atoms with Crippen LogP contribution in [0.4, 0.5) is 11.4 Å². The van der Waals surface area contributed by atoms with Gasteiger partial charge in [-0.25, -0.2) is 8.42 Å². The third-order valence-electron chi connectivity index (χ3n) is 4.19. The van der Waals surface area contributed by atoms with Crippen molar-refractivity contribution in [2.24, 2.45) is 0 Å². The largest absolute Gasteiger partial charge is 0.324 e. The van der Waals surface area contributed by atoms with Crippen molar-refractivity contribution in [1.29, 1.82) is 0 Å². The van der Waals surface area contributed by atoms with Crippen LogP contribution in [-0.4, -0.2) is 26.6 Å². The van der Waals surface area contributed by atoms with Gasteiger partial charge in [-0.1, -0.05) is 13.0 Å². The van der Waals surface area contributed by atoms with E-state index in [1.807, 2.05) is 32.0 Å². The molecule has 2 aromatic rings. The van der Waals surface area contributed by atoms with Gasteiger partial charge in [0.25, 0.3) is 0 Å². The van der Waals surface area contributed by atoms with Crippen LogP contribution in [0.15, 0.2) is 42.5 Å². The normalized spacial score (nSPS) is 12.5. The van der Waals surface area contributed by atoms with Crippen molar-refractivity contribution < 1.29 is 13.2 Å². The molecule has 1 N–H and O–H groups in total. The molecule has 0 saturated heterocycles. The Morgan fingerprint density at radius 1 is 1.12 bits per heavy atom. The zero-order valence-corrected chi connectivity index (χ0v) is 18.3. The zero-order valence-electron chi connectivity index (χ0n) is 15.3. The summed E-state index contributed by atoms with van der Waals surface area (Å²) in [6.07, 6.45) is 1.49. The average molecular weight is 486 g/mol. The van der Waals surface area contributed by atoms with Gasteiger partial charge in [0.15, 0.2) is 0 Å². The Balaban J connectivity index is 2.39. The predicted molar refractivity (Wildman–Crippen MR) is 115 cm³/mol. The monoisotopic (exact) mass is 486 g/mol. The molecule has 0 aliphatic carbocycles. The number of rotatable bonds is 6. The van der Waals surface area contributed by atoms with Crippen LogP contribution in [-0.2, 0) is 14.8 Å². The van der Waals surface area contributed by atoms with Gasteiger partial charge in [-0.2, -0.15) is 0 Å². The molecule has 0 fully saturated rings. The van der Waals surface area contributed by atoms with Crippen molar-refractivity contribution >= 4 is 49.9 Å². The molecule has 0 radical (unpaired) electrons. The van der Waals surface area contributed by atoms with Crippen molar-refractivity contribution in [3.8, 4) is 0 Å². The summed E-state index contributed by atoms with van der Waals surface area (Å²) < 4.78 is 27.2. The van der Waals surface area contributed by atoms with Crippen LogP contribution in [0.1, 0.15) is 24.5 Å². The van der Waals surface area contributed by atoms with Crippen LogP contribution in [0.5, 0.6) is 0 Å². The van der Waals surface area contributed by atoms with Gasteiger partial charge in [-0.3, -0.25) is 9.10 Å². The van der Waals surface area contributed by atoms with Gasteiger partial charge < -0.3 is 5.32 Å². The van der Waals surface area contributed by atoms with Gasteiger partial charge in [0.1, 0.15) is 6.04 Å². The smallest absolute Gasteiger partial charge is 0.248 e. The molecule has 0 aromatic heterocycles. The van der Waals surface area contributed by atoms with Crippen molar-refractivity contribution in [3.05, 3.63) is 57.2 Å². The van der Waals surface area contributed by atoms with Crippen molar-refractivity contribution in [1.82, 2.24) is 0 Å². The van der Waals surface area contributed by atoms with Gasteiger partial charge in [-0.05, 0) is 90.4 Å². The summed E-state index contributed by atoms with van der Waals surface area (Å²) in [6.45, 7) is 5.69. The lowest BCUT2D eigenvalue weighted by molar-refractivity contribution is -0.117. The summed E-state index contributed by atoms with van der Waals surface area (Å²) in [5.74, 6) is -0.350. The second-order valence-corrected chi connectivity index (χ2v) is 9.35. The summed E-state index contributed by atoms with van der Waals surface area (Å²) in [5, 5.41) is 2.82. The number of sulfonamides is 1. The molecule has 0 heterocycles. The van der Waals surface area contributed by atoms with Gasteiger partial charge in [0.05, 0.1) is 11.9 Å². The topological polar surface area (TPSA) is 66.5 Å². The number of carbonyl (C=O) groups is 1. The lowest BCUT2D eigenvalue weighted by atomic mass is 10.1. The second kappa shape index (κ2) is 8.39. The summed E-state index contributed by atoms with van der Waals surface area (Å²) in [7, 11) is -3.63. The maximum absolute atomic E-state index is 12.8. The highest BCUT2D eigenvalue weighted by atomic mass is 127. The molecule has 140 valence electrons. The lowest BCUT2D eigenvalue weighted by Gasteiger charge is -2.30. The van der Waals surface area contributed by atoms with E-state index in [4.69, 9.17) is 0 Å². The van der Waals surface area contributed by atoms with Gasteiger partial charge >= 0.3 is 0 Å². The van der Waals surface area contributed by atoms with E-state index < -0.39 is 16.1 Å². The first kappa shape index (κ1) is 20.7. The molecule has 1 amide bonds. The number of aryl methyl sites for hydroxylation is 2. The second-order valence-electron chi connectivity index (χ2n) is 6.25. The fraction of sp³-hybridized carbons (Fsp3) is 0.316. The number of hydrogen-bond donors (Lipinski definition) is 1. The Morgan fingerprint density at radius 3 is 2.23 bits per heavy atom. The Bertz CT molecular complexity index is 896. The van der Waals surface area contributed by atoms with Crippen LogP contribution in [0.3, 0.4) is 0 Å². The zero-order chi connectivity index (χ0) is 19.5. The van der Waals surface area contributed by atoms with Crippen LogP contribution >= 0.6 is 22.6 Å². The minimum absolute atomic E-state index is 0.350. The molecule has 0 bridgehead atoms. The minimum Gasteiger partial charge on any atom is -0.324 e. The van der Waals surface area contributed by atoms with Crippen molar-refractivity contribution in [2.45, 2.75) is 33.2 Å². The molecule has 2 aromatic carbocycles. The highest BCUT2D eigenvalue weighted by Crippen LogP contribution is 2.25. The maximum atomic E-state index is 12.8. The van der Waals surface area contributed by atoms with E-state index in [0.29, 0.717) is 17.8 Å². The molecule has 2 rings (SSSR count). The molecule has 1 unspecified atom stereocenters. The van der Waals surface area contributed by atoms with Crippen molar-refractivity contribution in [3.63, 3.8) is 0 Å². The Labute approximate surface area is 169 Å². The van der Waals surface area contributed by atoms with E-state index in [1.165, 1.54) is 4.31 Å². The third-order valence-corrected chi connectivity index (χ3v) is 6.09. The Morgan fingerprint density at radius 2 is 1.73 bits per heavy atom. The minimum atomic E-state index is -3.63. The van der Waals surface area contributed by atoms with E-state index in [9.17, 15) is 13.2 Å². The summed E-state index contributed by atoms with van der Waals surface area (Å²) in [5.41, 5.74) is 3.19. The van der Waals surface area contributed by atoms with E-state index in [2.05, 4.69) is 27.9 Å². The third kappa shape index (κ3) is 4.97. The van der Waals surface area contributed by atoms with Crippen LogP contribution in [0, 0.1) is 17.4 Å². The SMILES string of the molecule is CCC(C(=O)Nc1ccc(I)cc1)N(c1ccc(C)c(C)c1)S(C)(=O)=O. The number of nitrogens with zero attached hydrogens (tertiary/aromatic N) is 1. The molecule has 0 spiro atoms. The van der Waals surface area contributed by atoms with Crippen molar-refractivity contribution in [2.75, 3.05) is 15.9 Å². The molecular formula is C19H23IN2O3S. The van der Waals surface area contributed by atoms with Crippen LogP contribution in [0.25, 0.3) is 0 Å². The number of halogens is 1. The highest BCUT2D eigenvalue weighted by Gasteiger charge is 2.31. The molecule has 5 nitrogen and oxygen atoms in total. The standard InChI is InChI=1S/C19H23IN2O3S/c1-5-18(19(23)21-16-9-7-15(20)8-10-16)22(26(4,24)25)17-11-6-13(2)14(3)12-17/h6-12,18H,5H2,1-4H3,(H,21,23). The fourth-order valence-electron chi connectivity index (χ4n) is 2.68. The summed E-state index contributed by atoms with van der Waals surface area (Å²) >= 11 is 2.19. The first-order chi connectivity index (χ1) is 12.1. The molecular weight excluding hydrogens is 463 g/mol. The Kier molecular flexibility index (Phi) is 6.68. The number of benzene rings is 2. The molecule has 0 saturated carbocycles. The molecule has 26 heavy (non-hydrogen) atoms. The molecule has 0 aliphatic heterocycles. The van der Waals surface area contributed by atoms with E-state index in [0.717, 1.165) is 21.0 Å². The average Bonchev–Trinajstić information content (AvgIpc) is 2.56. The number of amides is 1. The fourth-order valence-corrected chi connectivity index (χ4v) is 4.24. The summed E-state index contributed by atoms with van der Waals surface area (Å²) in [6, 6.07) is 11.9. The van der Waals surface area contributed by atoms with E-state index in [1.54, 1.807) is 31.2 Å². The van der Waals surface area contributed by atoms with Crippen LogP contribution < -0.4 is 9.62 Å².